The first-order valence-corrected chi connectivity index (χ1v) is 11.8. The predicted octanol–water partition coefficient (Wildman–Crippen LogP) is 3.45. The topological polar surface area (TPSA) is 66.9 Å². The molecule has 0 saturated carbocycles. The van der Waals surface area contributed by atoms with Crippen LogP contribution in [0.1, 0.15) is 30.9 Å². The van der Waals surface area contributed by atoms with Gasteiger partial charge < -0.3 is 9.64 Å². The molecule has 1 amide bonds. The number of carbonyl (C=O) groups is 1. The number of rotatable bonds is 7. The molecule has 0 unspecified atom stereocenters. The maximum absolute atomic E-state index is 12.9. The highest BCUT2D eigenvalue weighted by Gasteiger charge is 2.33. The molecule has 1 fully saturated rings. The van der Waals surface area contributed by atoms with Crippen LogP contribution in [0.3, 0.4) is 0 Å². The molecule has 2 aromatic carbocycles. The van der Waals surface area contributed by atoms with Gasteiger partial charge in [-0.05, 0) is 56.5 Å². The summed E-state index contributed by atoms with van der Waals surface area (Å²) in [5.41, 5.74) is 2.28. The van der Waals surface area contributed by atoms with Gasteiger partial charge in [-0.3, -0.25) is 4.79 Å². The number of hydrogen-bond acceptors (Lipinski definition) is 4. The van der Waals surface area contributed by atoms with Gasteiger partial charge in [-0.1, -0.05) is 29.8 Å². The Kier molecular flexibility index (Phi) is 7.15. The Labute approximate surface area is 179 Å². The van der Waals surface area contributed by atoms with Gasteiger partial charge >= 0.3 is 0 Å². The van der Waals surface area contributed by atoms with Gasteiger partial charge in [-0.15, -0.1) is 0 Å². The summed E-state index contributed by atoms with van der Waals surface area (Å²) in [6.45, 7) is 5.71. The normalized spacial score (nSPS) is 15.7. The summed E-state index contributed by atoms with van der Waals surface area (Å²) >= 11 is 0. The Morgan fingerprint density at radius 2 is 1.67 bits per heavy atom. The van der Waals surface area contributed by atoms with Gasteiger partial charge in [0.2, 0.25) is 15.9 Å². The van der Waals surface area contributed by atoms with E-state index in [9.17, 15) is 13.2 Å². The number of nitrogens with zero attached hydrogens (tertiary/aromatic N) is 2. The third-order valence-corrected chi connectivity index (χ3v) is 7.41. The molecule has 0 aromatic heterocycles. The van der Waals surface area contributed by atoms with Crippen LogP contribution in [0.15, 0.2) is 53.4 Å². The number of sulfonamides is 1. The van der Waals surface area contributed by atoms with E-state index in [1.54, 1.807) is 29.2 Å². The molecule has 1 aliphatic rings. The number of carbonyl (C=O) groups excluding carboxylic acids is 1. The van der Waals surface area contributed by atoms with Gasteiger partial charge in [0, 0.05) is 32.6 Å². The maximum Gasteiger partial charge on any atom is 0.243 e. The fourth-order valence-corrected chi connectivity index (χ4v) is 5.19. The summed E-state index contributed by atoms with van der Waals surface area (Å²) in [6, 6.07) is 14.6. The summed E-state index contributed by atoms with van der Waals surface area (Å²) < 4.78 is 32.7. The smallest absolute Gasteiger partial charge is 0.243 e. The van der Waals surface area contributed by atoms with E-state index >= 15 is 0 Å². The van der Waals surface area contributed by atoms with E-state index in [1.165, 1.54) is 9.87 Å². The predicted molar refractivity (Wildman–Crippen MR) is 117 cm³/mol. The van der Waals surface area contributed by atoms with Gasteiger partial charge in [0.15, 0.2) is 0 Å². The lowest BCUT2D eigenvalue weighted by atomic mass is 9.96. The summed E-state index contributed by atoms with van der Waals surface area (Å²) in [6.07, 6.45) is 1.07. The van der Waals surface area contributed by atoms with E-state index in [0.29, 0.717) is 44.8 Å². The lowest BCUT2D eigenvalue weighted by molar-refractivity contribution is -0.135. The number of aryl methyl sites for hydroxylation is 1. The van der Waals surface area contributed by atoms with Crippen LogP contribution in [-0.2, 0) is 21.4 Å². The molecule has 30 heavy (non-hydrogen) atoms. The summed E-state index contributed by atoms with van der Waals surface area (Å²) in [4.78, 5) is 14.8. The Morgan fingerprint density at radius 3 is 2.23 bits per heavy atom. The highest BCUT2D eigenvalue weighted by molar-refractivity contribution is 7.89. The summed E-state index contributed by atoms with van der Waals surface area (Å²) in [5.74, 6) is 0.582. The van der Waals surface area contributed by atoms with Crippen LogP contribution in [0.2, 0.25) is 0 Å². The van der Waals surface area contributed by atoms with E-state index in [4.69, 9.17) is 4.74 Å². The second-order valence-corrected chi connectivity index (χ2v) is 9.70. The van der Waals surface area contributed by atoms with Crippen LogP contribution >= 0.6 is 0 Å². The van der Waals surface area contributed by atoms with Crippen LogP contribution in [-0.4, -0.2) is 50.3 Å². The third-order valence-electron chi connectivity index (χ3n) is 5.49. The highest BCUT2D eigenvalue weighted by atomic mass is 32.2. The first-order chi connectivity index (χ1) is 14.3. The van der Waals surface area contributed by atoms with Crippen molar-refractivity contribution in [2.75, 3.05) is 26.7 Å². The van der Waals surface area contributed by atoms with Crippen molar-refractivity contribution in [1.29, 1.82) is 0 Å². The fraction of sp³-hybridized carbons (Fsp3) is 0.435. The van der Waals surface area contributed by atoms with Crippen LogP contribution < -0.4 is 4.74 Å². The second-order valence-electron chi connectivity index (χ2n) is 7.76. The number of piperidine rings is 1. The molecule has 7 heteroatoms. The lowest BCUT2D eigenvalue weighted by Gasteiger charge is -2.32. The molecule has 0 spiro atoms. The van der Waals surface area contributed by atoms with Crippen molar-refractivity contribution in [2.45, 2.75) is 38.1 Å². The SMILES string of the molecule is CCOc1ccc(S(=O)(=O)N2CCC(C(=O)N(C)Cc3ccc(C)cc3)CC2)cc1. The number of benzene rings is 2. The monoisotopic (exact) mass is 430 g/mol. The molecular weight excluding hydrogens is 400 g/mol. The molecule has 0 N–H and O–H groups in total. The van der Waals surface area contributed by atoms with Gasteiger partial charge in [-0.2, -0.15) is 4.31 Å². The molecule has 162 valence electrons. The van der Waals surface area contributed by atoms with Crippen LogP contribution in [0, 0.1) is 12.8 Å². The average Bonchev–Trinajstić information content (AvgIpc) is 2.75. The van der Waals surface area contributed by atoms with Gasteiger partial charge in [-0.25, -0.2) is 8.42 Å². The van der Waals surface area contributed by atoms with Crippen molar-refractivity contribution in [1.82, 2.24) is 9.21 Å². The Hall–Kier alpha value is -2.38. The minimum absolute atomic E-state index is 0.0775. The van der Waals surface area contributed by atoms with Crippen molar-refractivity contribution in [3.63, 3.8) is 0 Å². The van der Waals surface area contributed by atoms with Crippen molar-refractivity contribution in [2.24, 2.45) is 5.92 Å². The van der Waals surface area contributed by atoms with Gasteiger partial charge in [0.1, 0.15) is 5.75 Å². The Balaban J connectivity index is 1.57. The molecule has 1 saturated heterocycles. The van der Waals surface area contributed by atoms with Crippen LogP contribution in [0.4, 0.5) is 0 Å². The zero-order valence-corrected chi connectivity index (χ0v) is 18.7. The molecule has 0 bridgehead atoms. The van der Waals surface area contributed by atoms with E-state index in [-0.39, 0.29) is 16.7 Å². The highest BCUT2D eigenvalue weighted by Crippen LogP contribution is 2.26. The summed E-state index contributed by atoms with van der Waals surface area (Å²) in [7, 11) is -1.75. The lowest BCUT2D eigenvalue weighted by Crippen LogP contribution is -2.43. The molecule has 3 rings (SSSR count). The standard InChI is InChI=1S/C23H30N2O4S/c1-4-29-21-9-11-22(12-10-21)30(27,28)25-15-13-20(14-16-25)23(26)24(3)17-19-7-5-18(2)6-8-19/h5-12,20H,4,13-17H2,1-3H3. The van der Waals surface area contributed by atoms with Crippen LogP contribution in [0.5, 0.6) is 5.75 Å². The molecule has 1 heterocycles. The molecule has 0 radical (unpaired) electrons. The molecule has 2 aromatic rings. The van der Waals surface area contributed by atoms with E-state index in [1.807, 2.05) is 45.2 Å². The van der Waals surface area contributed by atoms with Crippen molar-refractivity contribution in [3.8, 4) is 5.75 Å². The number of amides is 1. The molecular formula is C23H30N2O4S. The van der Waals surface area contributed by atoms with Gasteiger partial charge in [0.25, 0.3) is 0 Å². The van der Waals surface area contributed by atoms with E-state index in [0.717, 1.165) is 5.56 Å². The third kappa shape index (κ3) is 5.21. The Bertz CT molecular complexity index is 948. The van der Waals surface area contributed by atoms with E-state index in [2.05, 4.69) is 0 Å². The second kappa shape index (κ2) is 9.62. The molecule has 1 aliphatic heterocycles. The van der Waals surface area contributed by atoms with Crippen molar-refractivity contribution >= 4 is 15.9 Å². The molecule has 6 nitrogen and oxygen atoms in total. The minimum atomic E-state index is -3.56. The quantitative estimate of drug-likeness (QED) is 0.675. The first-order valence-electron chi connectivity index (χ1n) is 10.3. The minimum Gasteiger partial charge on any atom is -0.494 e. The fourth-order valence-electron chi connectivity index (χ4n) is 3.72. The number of ether oxygens (including phenoxy) is 1. The zero-order chi connectivity index (χ0) is 21.7. The van der Waals surface area contributed by atoms with Crippen molar-refractivity contribution < 1.29 is 17.9 Å². The maximum atomic E-state index is 12.9. The first kappa shape index (κ1) is 22.3. The largest absolute Gasteiger partial charge is 0.494 e. The van der Waals surface area contributed by atoms with E-state index < -0.39 is 10.0 Å². The summed E-state index contributed by atoms with van der Waals surface area (Å²) in [5, 5.41) is 0. The van der Waals surface area contributed by atoms with Crippen molar-refractivity contribution in [3.05, 3.63) is 59.7 Å². The molecule has 0 aliphatic carbocycles. The average molecular weight is 431 g/mol. The molecule has 0 atom stereocenters. The zero-order valence-electron chi connectivity index (χ0n) is 17.9. The number of hydrogen-bond donors (Lipinski definition) is 0. The van der Waals surface area contributed by atoms with Crippen LogP contribution in [0.25, 0.3) is 0 Å². The Morgan fingerprint density at radius 1 is 1.07 bits per heavy atom. The van der Waals surface area contributed by atoms with Gasteiger partial charge in [0.05, 0.1) is 11.5 Å².